The van der Waals surface area contributed by atoms with Gasteiger partial charge < -0.3 is 20.3 Å². The zero-order chi connectivity index (χ0) is 29.6. The van der Waals surface area contributed by atoms with Gasteiger partial charge in [0.2, 0.25) is 6.41 Å². The van der Waals surface area contributed by atoms with Crippen molar-refractivity contribution in [3.63, 3.8) is 0 Å². The van der Waals surface area contributed by atoms with Gasteiger partial charge in [0.25, 0.3) is 5.91 Å². The molecule has 3 aromatic rings. The van der Waals surface area contributed by atoms with Gasteiger partial charge in [-0.1, -0.05) is 48.5 Å². The van der Waals surface area contributed by atoms with Crippen LogP contribution in [-0.2, 0) is 22.3 Å². The largest absolute Gasteiger partial charge is 0.494 e. The zero-order valence-corrected chi connectivity index (χ0v) is 22.0. The topological polar surface area (TPSA) is 75.9 Å². The fraction of sp³-hybridized carbons (Fsp3) is 0.241. The minimum absolute atomic E-state index is 0.0160. The number of methoxy groups -OCH3 is 1. The summed E-state index contributed by atoms with van der Waals surface area (Å²) in [6, 6.07) is 14.7. The van der Waals surface area contributed by atoms with Crippen LogP contribution >= 0.6 is 0 Å². The predicted octanol–water partition coefficient (Wildman–Crippen LogP) is 5.54. The Hall–Kier alpha value is -4.25. The van der Waals surface area contributed by atoms with Crippen molar-refractivity contribution in [1.29, 1.82) is 0 Å². The van der Waals surface area contributed by atoms with E-state index in [0.717, 1.165) is 22.6 Å². The molecule has 0 saturated heterocycles. The normalized spacial score (nSPS) is 12.8. The number of hydrogen-bond acceptors (Lipinski definition) is 4. The van der Waals surface area contributed by atoms with Crippen LogP contribution in [0.3, 0.4) is 0 Å². The maximum Gasteiger partial charge on any atom is 0.416 e. The Balaban J connectivity index is 2.12. The Bertz CT molecular complexity index is 1390. The quantitative estimate of drug-likeness (QED) is 0.200. The number of carbonyl (C=O) groups excluding carboxylic acids is 2. The number of amides is 2. The van der Waals surface area contributed by atoms with Gasteiger partial charge >= 0.3 is 6.18 Å². The van der Waals surface area contributed by atoms with Crippen LogP contribution in [0, 0.1) is 11.6 Å². The SMILES string of the molecule is COc1cccc(/C(C(=O)N(C)CC(N)c2ccccc2)=C(\C)N(C=O)Cc2c(F)cccc2C(F)(F)F)c1F. The van der Waals surface area contributed by atoms with Gasteiger partial charge in [0, 0.05) is 36.5 Å². The van der Waals surface area contributed by atoms with E-state index in [2.05, 4.69) is 0 Å². The van der Waals surface area contributed by atoms with E-state index in [1.165, 1.54) is 44.2 Å². The number of likely N-dealkylation sites (N-methyl/N-ethyl adjacent to an activating group) is 1. The first-order chi connectivity index (χ1) is 18.9. The highest BCUT2D eigenvalue weighted by Crippen LogP contribution is 2.35. The van der Waals surface area contributed by atoms with Crippen LogP contribution in [0.15, 0.2) is 72.4 Å². The molecule has 0 aliphatic carbocycles. The molecule has 0 aliphatic rings. The average molecular weight is 562 g/mol. The second-order valence-corrected chi connectivity index (χ2v) is 8.98. The van der Waals surface area contributed by atoms with E-state index < -0.39 is 47.4 Å². The number of allylic oxidation sites excluding steroid dienone is 1. The van der Waals surface area contributed by atoms with Crippen molar-refractivity contribution in [2.45, 2.75) is 25.7 Å². The molecule has 0 fully saturated rings. The molecule has 0 heterocycles. The van der Waals surface area contributed by atoms with E-state index in [-0.39, 0.29) is 35.5 Å². The Kier molecular flexibility index (Phi) is 9.65. The molecule has 3 rings (SSSR count). The highest BCUT2D eigenvalue weighted by molar-refractivity contribution is 6.20. The number of halogens is 5. The molecule has 0 aromatic heterocycles. The minimum atomic E-state index is -4.91. The lowest BCUT2D eigenvalue weighted by Gasteiger charge is -2.27. The first kappa shape index (κ1) is 30.3. The van der Waals surface area contributed by atoms with Crippen LogP contribution in [0.4, 0.5) is 22.0 Å². The molecule has 3 aromatic carbocycles. The number of carbonyl (C=O) groups is 2. The lowest BCUT2D eigenvalue weighted by atomic mass is 9.99. The number of rotatable bonds is 10. The average Bonchev–Trinajstić information content (AvgIpc) is 2.93. The fourth-order valence-corrected chi connectivity index (χ4v) is 4.23. The summed E-state index contributed by atoms with van der Waals surface area (Å²) in [4.78, 5) is 27.9. The van der Waals surface area contributed by atoms with Gasteiger partial charge in [-0.3, -0.25) is 9.59 Å². The molecule has 2 N–H and O–H groups in total. The molecule has 6 nitrogen and oxygen atoms in total. The van der Waals surface area contributed by atoms with E-state index in [0.29, 0.717) is 6.07 Å². The molecule has 40 heavy (non-hydrogen) atoms. The summed E-state index contributed by atoms with van der Waals surface area (Å²) in [5, 5.41) is 0. The van der Waals surface area contributed by atoms with Crippen molar-refractivity contribution in [3.8, 4) is 5.75 Å². The highest BCUT2D eigenvalue weighted by Gasteiger charge is 2.35. The van der Waals surface area contributed by atoms with Crippen molar-refractivity contribution in [3.05, 3.63) is 106 Å². The number of nitrogens with zero attached hydrogens (tertiary/aromatic N) is 2. The fourth-order valence-electron chi connectivity index (χ4n) is 4.23. The van der Waals surface area contributed by atoms with Crippen molar-refractivity contribution in [1.82, 2.24) is 9.80 Å². The van der Waals surface area contributed by atoms with Gasteiger partial charge in [0.15, 0.2) is 11.6 Å². The molecule has 0 saturated carbocycles. The van der Waals surface area contributed by atoms with E-state index in [1.807, 2.05) is 0 Å². The number of alkyl halides is 3. The third-order valence-electron chi connectivity index (χ3n) is 6.38. The summed E-state index contributed by atoms with van der Waals surface area (Å²) in [5.41, 5.74) is 4.10. The molecule has 0 bridgehead atoms. The number of benzene rings is 3. The molecule has 0 radical (unpaired) electrons. The first-order valence-corrected chi connectivity index (χ1v) is 12.1. The smallest absolute Gasteiger partial charge is 0.416 e. The van der Waals surface area contributed by atoms with Crippen molar-refractivity contribution < 1.29 is 36.3 Å². The Morgan fingerprint density at radius 3 is 2.27 bits per heavy atom. The minimum Gasteiger partial charge on any atom is -0.494 e. The third kappa shape index (κ3) is 6.66. The van der Waals surface area contributed by atoms with Crippen LogP contribution in [0.5, 0.6) is 5.75 Å². The molecular formula is C29H28F5N3O3. The summed E-state index contributed by atoms with van der Waals surface area (Å²) in [6.45, 7) is 0.379. The van der Waals surface area contributed by atoms with Crippen LogP contribution < -0.4 is 10.5 Å². The summed E-state index contributed by atoms with van der Waals surface area (Å²) in [6.07, 6.45) is -4.75. The van der Waals surface area contributed by atoms with Gasteiger partial charge in [-0.05, 0) is 30.7 Å². The van der Waals surface area contributed by atoms with E-state index in [1.54, 1.807) is 30.3 Å². The Morgan fingerprint density at radius 1 is 1.02 bits per heavy atom. The van der Waals surface area contributed by atoms with Crippen molar-refractivity contribution in [2.75, 3.05) is 20.7 Å². The van der Waals surface area contributed by atoms with Crippen molar-refractivity contribution in [2.24, 2.45) is 5.73 Å². The van der Waals surface area contributed by atoms with Crippen LogP contribution in [0.25, 0.3) is 5.57 Å². The molecule has 0 aliphatic heterocycles. The standard InChI is InChI=1S/C29H28F5N3O3/c1-18(37(17-38)15-21-22(29(32,33)34)12-8-13-23(21)30)26(20-11-7-14-25(40-3)27(20)31)28(39)36(2)16-24(35)19-9-5-4-6-10-19/h4-14,17,24H,15-16,35H2,1-3H3/b26-18-. The second kappa shape index (κ2) is 12.7. The summed E-state index contributed by atoms with van der Waals surface area (Å²) in [5.74, 6) is -3.10. The molecule has 2 amide bonds. The molecule has 11 heteroatoms. The predicted molar refractivity (Wildman–Crippen MR) is 140 cm³/mol. The highest BCUT2D eigenvalue weighted by atomic mass is 19.4. The summed E-state index contributed by atoms with van der Waals surface area (Å²) in [7, 11) is 2.64. The Morgan fingerprint density at radius 2 is 1.68 bits per heavy atom. The van der Waals surface area contributed by atoms with Gasteiger partial charge in [0.05, 0.1) is 24.8 Å². The van der Waals surface area contributed by atoms with E-state index >= 15 is 4.39 Å². The monoisotopic (exact) mass is 561 g/mol. The molecule has 0 spiro atoms. The number of ether oxygens (including phenoxy) is 1. The molecule has 1 atom stereocenters. The summed E-state index contributed by atoms with van der Waals surface area (Å²) < 4.78 is 75.9. The molecular weight excluding hydrogens is 533 g/mol. The number of hydrogen-bond donors (Lipinski definition) is 1. The lowest BCUT2D eigenvalue weighted by Crippen LogP contribution is -2.36. The zero-order valence-electron chi connectivity index (χ0n) is 22.0. The molecule has 1 unspecified atom stereocenters. The van der Waals surface area contributed by atoms with Gasteiger partial charge in [-0.2, -0.15) is 13.2 Å². The van der Waals surface area contributed by atoms with Gasteiger partial charge in [-0.15, -0.1) is 0 Å². The van der Waals surface area contributed by atoms with Crippen LogP contribution in [0.1, 0.15) is 35.2 Å². The van der Waals surface area contributed by atoms with Crippen LogP contribution in [-0.4, -0.2) is 42.8 Å². The maximum absolute atomic E-state index is 15.4. The van der Waals surface area contributed by atoms with E-state index in [4.69, 9.17) is 10.5 Å². The second-order valence-electron chi connectivity index (χ2n) is 8.98. The van der Waals surface area contributed by atoms with Gasteiger partial charge in [0.1, 0.15) is 5.82 Å². The lowest BCUT2D eigenvalue weighted by molar-refractivity contribution is -0.139. The van der Waals surface area contributed by atoms with Crippen LogP contribution in [0.2, 0.25) is 0 Å². The Labute approximate surface area is 228 Å². The maximum atomic E-state index is 15.4. The third-order valence-corrected chi connectivity index (χ3v) is 6.38. The van der Waals surface area contributed by atoms with Gasteiger partial charge in [-0.25, -0.2) is 8.78 Å². The van der Waals surface area contributed by atoms with Crippen molar-refractivity contribution >= 4 is 17.9 Å². The molecule has 212 valence electrons. The first-order valence-electron chi connectivity index (χ1n) is 12.1. The van der Waals surface area contributed by atoms with E-state index in [9.17, 15) is 27.2 Å². The number of nitrogens with two attached hydrogens (primary N) is 1. The summed E-state index contributed by atoms with van der Waals surface area (Å²) >= 11 is 0.